The Bertz CT molecular complexity index is 752. The maximum atomic E-state index is 5.88. The molecule has 0 aliphatic carbocycles. The summed E-state index contributed by atoms with van der Waals surface area (Å²) in [6, 6.07) is 8.14. The van der Waals surface area contributed by atoms with E-state index in [0.717, 1.165) is 36.6 Å². The van der Waals surface area contributed by atoms with Gasteiger partial charge in [0.1, 0.15) is 5.75 Å². The highest BCUT2D eigenvalue weighted by Gasteiger charge is 2.03. The summed E-state index contributed by atoms with van der Waals surface area (Å²) >= 11 is 0. The largest absolute Gasteiger partial charge is 0.493 e. The third-order valence-corrected chi connectivity index (χ3v) is 6.33. The molecule has 0 saturated carbocycles. The average molecular weight is 465 g/mol. The number of hydrogen-bond acceptors (Lipinski definition) is 3. The van der Waals surface area contributed by atoms with Crippen molar-refractivity contribution < 1.29 is 4.74 Å². The fraction of sp³-hybridized carbons (Fsp3) is 0.613. The molecule has 0 fully saturated rings. The Morgan fingerprint density at radius 1 is 0.647 bits per heavy atom. The molecule has 0 aliphatic heterocycles. The van der Waals surface area contributed by atoms with Crippen LogP contribution in [0.25, 0.3) is 11.4 Å². The fourth-order valence-corrected chi connectivity index (χ4v) is 4.14. The number of benzene rings is 1. The smallest absolute Gasteiger partial charge is 0.159 e. The summed E-state index contributed by atoms with van der Waals surface area (Å²) in [5.74, 6) is 1.69. The normalized spacial score (nSPS) is 11.4. The number of allylic oxidation sites excluding steroid dienone is 1. The molecule has 2 rings (SSSR count). The van der Waals surface area contributed by atoms with E-state index in [4.69, 9.17) is 4.74 Å². The van der Waals surface area contributed by atoms with Gasteiger partial charge in [-0.15, -0.1) is 0 Å². The van der Waals surface area contributed by atoms with Gasteiger partial charge >= 0.3 is 0 Å². The highest BCUT2D eigenvalue weighted by atomic mass is 16.5. The minimum Gasteiger partial charge on any atom is -0.493 e. The van der Waals surface area contributed by atoms with Crippen molar-refractivity contribution in [3.05, 3.63) is 54.4 Å². The van der Waals surface area contributed by atoms with Crippen molar-refractivity contribution in [2.75, 3.05) is 6.61 Å². The number of aryl methyl sites for hydroxylation is 1. The monoisotopic (exact) mass is 464 g/mol. The molecule has 3 nitrogen and oxygen atoms in total. The second-order valence-electron chi connectivity index (χ2n) is 9.48. The van der Waals surface area contributed by atoms with Crippen LogP contribution in [0.5, 0.6) is 5.75 Å². The number of hydrogen-bond donors (Lipinski definition) is 0. The summed E-state index contributed by atoms with van der Waals surface area (Å²) in [5.41, 5.74) is 2.27. The van der Waals surface area contributed by atoms with Crippen molar-refractivity contribution in [1.29, 1.82) is 0 Å². The van der Waals surface area contributed by atoms with Gasteiger partial charge in [-0.05, 0) is 61.9 Å². The molecule has 0 spiro atoms. The average Bonchev–Trinajstić information content (AvgIpc) is 2.87. The Balaban J connectivity index is 1.59. The molecule has 34 heavy (non-hydrogen) atoms. The van der Waals surface area contributed by atoms with E-state index in [1.165, 1.54) is 95.5 Å². The van der Waals surface area contributed by atoms with Crippen molar-refractivity contribution in [3.63, 3.8) is 0 Å². The molecule has 188 valence electrons. The lowest BCUT2D eigenvalue weighted by Crippen LogP contribution is -1.96. The first-order valence-electron chi connectivity index (χ1n) is 14.0. The van der Waals surface area contributed by atoms with Crippen molar-refractivity contribution in [2.24, 2.45) is 0 Å². The van der Waals surface area contributed by atoms with Crippen LogP contribution in [0.2, 0.25) is 0 Å². The molecule has 1 heterocycles. The third-order valence-electron chi connectivity index (χ3n) is 6.33. The van der Waals surface area contributed by atoms with E-state index in [1.54, 1.807) is 0 Å². The third kappa shape index (κ3) is 12.9. The Kier molecular flexibility index (Phi) is 15.8. The van der Waals surface area contributed by atoms with Crippen LogP contribution in [-0.4, -0.2) is 16.6 Å². The lowest BCUT2D eigenvalue weighted by atomic mass is 10.1. The Labute approximate surface area is 209 Å². The predicted molar refractivity (Wildman–Crippen MR) is 146 cm³/mol. The molecule has 0 N–H and O–H groups in total. The first kappa shape index (κ1) is 28.1. The number of unbranched alkanes of at least 4 members (excludes halogenated alkanes) is 12. The van der Waals surface area contributed by atoms with Gasteiger partial charge in [0.05, 0.1) is 6.61 Å². The SMILES string of the molecule is CCCCCCCC/C=C\CCOc1ccc(-c2ncc(CCCCCCCCC)cn2)cc1. The van der Waals surface area contributed by atoms with Crippen molar-refractivity contribution >= 4 is 0 Å². The molecular formula is C31H48N2O. The first-order valence-corrected chi connectivity index (χ1v) is 14.0. The topological polar surface area (TPSA) is 35.0 Å². The minimum absolute atomic E-state index is 0.718. The molecule has 2 aromatic rings. The zero-order valence-electron chi connectivity index (χ0n) is 21.9. The molecule has 0 aliphatic rings. The summed E-state index contributed by atoms with van der Waals surface area (Å²) in [6.07, 6.45) is 29.3. The van der Waals surface area contributed by atoms with Crippen LogP contribution in [0.1, 0.15) is 116 Å². The first-order chi connectivity index (χ1) is 16.8. The van der Waals surface area contributed by atoms with Crippen LogP contribution in [-0.2, 0) is 6.42 Å². The highest BCUT2D eigenvalue weighted by Crippen LogP contribution is 2.20. The van der Waals surface area contributed by atoms with Gasteiger partial charge in [0.2, 0.25) is 0 Å². The summed E-state index contributed by atoms with van der Waals surface area (Å²) in [6.45, 7) is 5.25. The van der Waals surface area contributed by atoms with Crippen LogP contribution < -0.4 is 4.74 Å². The highest BCUT2D eigenvalue weighted by molar-refractivity contribution is 5.55. The quantitative estimate of drug-likeness (QED) is 0.144. The van der Waals surface area contributed by atoms with Gasteiger partial charge in [0.15, 0.2) is 5.82 Å². The molecule has 0 radical (unpaired) electrons. The molecule has 1 aromatic heterocycles. The Hall–Kier alpha value is -2.16. The molecule has 0 saturated heterocycles. The van der Waals surface area contributed by atoms with Gasteiger partial charge in [-0.2, -0.15) is 0 Å². The molecule has 0 atom stereocenters. The van der Waals surface area contributed by atoms with E-state index in [9.17, 15) is 0 Å². The van der Waals surface area contributed by atoms with Gasteiger partial charge in [-0.3, -0.25) is 0 Å². The Morgan fingerprint density at radius 3 is 1.85 bits per heavy atom. The van der Waals surface area contributed by atoms with Gasteiger partial charge in [-0.25, -0.2) is 9.97 Å². The van der Waals surface area contributed by atoms with E-state index in [1.807, 2.05) is 24.5 Å². The van der Waals surface area contributed by atoms with Crippen LogP contribution in [0.15, 0.2) is 48.8 Å². The fourth-order valence-electron chi connectivity index (χ4n) is 4.14. The molecule has 1 aromatic carbocycles. The van der Waals surface area contributed by atoms with E-state index in [2.05, 4.69) is 48.1 Å². The van der Waals surface area contributed by atoms with Crippen LogP contribution in [0.4, 0.5) is 0 Å². The molecule has 3 heteroatoms. The summed E-state index contributed by atoms with van der Waals surface area (Å²) in [4.78, 5) is 9.18. The minimum atomic E-state index is 0.718. The van der Waals surface area contributed by atoms with Crippen LogP contribution >= 0.6 is 0 Å². The summed E-state index contributed by atoms with van der Waals surface area (Å²) < 4.78 is 5.88. The molecule has 0 unspecified atom stereocenters. The number of nitrogens with zero attached hydrogens (tertiary/aromatic N) is 2. The lowest BCUT2D eigenvalue weighted by molar-refractivity contribution is 0.325. The van der Waals surface area contributed by atoms with Gasteiger partial charge in [0.25, 0.3) is 0 Å². The molecule has 0 bridgehead atoms. The molecular weight excluding hydrogens is 416 g/mol. The number of rotatable bonds is 20. The maximum Gasteiger partial charge on any atom is 0.159 e. The van der Waals surface area contributed by atoms with E-state index in [-0.39, 0.29) is 0 Å². The molecule has 0 amide bonds. The maximum absolute atomic E-state index is 5.88. The van der Waals surface area contributed by atoms with E-state index in [0.29, 0.717) is 0 Å². The lowest BCUT2D eigenvalue weighted by Gasteiger charge is -2.06. The number of ether oxygens (including phenoxy) is 1. The van der Waals surface area contributed by atoms with Crippen molar-refractivity contribution in [2.45, 2.75) is 117 Å². The second kappa shape index (κ2) is 19.2. The van der Waals surface area contributed by atoms with Gasteiger partial charge < -0.3 is 4.74 Å². The number of aromatic nitrogens is 2. The standard InChI is InChI=1S/C31H48N2O/c1-3-5-7-9-11-12-13-15-17-19-25-34-30-23-21-29(22-24-30)31-32-26-28(27-33-31)20-18-16-14-10-8-6-4-2/h15,17,21-24,26-27H,3-14,16,18-20,25H2,1-2H3/b17-15-. The van der Waals surface area contributed by atoms with E-state index < -0.39 is 0 Å². The second-order valence-corrected chi connectivity index (χ2v) is 9.48. The van der Waals surface area contributed by atoms with Crippen LogP contribution in [0.3, 0.4) is 0 Å². The predicted octanol–water partition coefficient (Wildman–Crippen LogP) is 9.51. The zero-order chi connectivity index (χ0) is 24.1. The van der Waals surface area contributed by atoms with Crippen LogP contribution in [0, 0.1) is 0 Å². The van der Waals surface area contributed by atoms with E-state index >= 15 is 0 Å². The summed E-state index contributed by atoms with van der Waals surface area (Å²) in [5, 5.41) is 0. The van der Waals surface area contributed by atoms with Gasteiger partial charge in [-0.1, -0.05) is 96.6 Å². The zero-order valence-corrected chi connectivity index (χ0v) is 21.9. The Morgan fingerprint density at radius 2 is 1.21 bits per heavy atom. The van der Waals surface area contributed by atoms with Crippen molar-refractivity contribution in [1.82, 2.24) is 9.97 Å². The van der Waals surface area contributed by atoms with Crippen molar-refractivity contribution in [3.8, 4) is 17.1 Å². The summed E-state index contributed by atoms with van der Waals surface area (Å²) in [7, 11) is 0. The van der Waals surface area contributed by atoms with Gasteiger partial charge in [0, 0.05) is 18.0 Å².